The van der Waals surface area contributed by atoms with Gasteiger partial charge in [0.1, 0.15) is 11.9 Å². The Hall–Kier alpha value is -2.73. The number of nitrogen functional groups attached to an aromatic ring is 1. The molecule has 2 aromatic heterocycles. The second-order valence-corrected chi connectivity index (χ2v) is 11.4. The highest BCUT2D eigenvalue weighted by Gasteiger charge is 2.30. The second kappa shape index (κ2) is 9.38. The monoisotopic (exact) mass is 562 g/mol. The Labute approximate surface area is 215 Å². The summed E-state index contributed by atoms with van der Waals surface area (Å²) in [6.07, 6.45) is 3.00. The highest BCUT2D eigenvalue weighted by Crippen LogP contribution is 2.43. The van der Waals surface area contributed by atoms with Crippen molar-refractivity contribution in [3.63, 3.8) is 0 Å². The highest BCUT2D eigenvalue weighted by atomic mass is 79.9. The van der Waals surface area contributed by atoms with Crippen molar-refractivity contribution in [3.05, 3.63) is 22.9 Å². The number of nitrogens with zero attached hydrogens (tertiary/aromatic N) is 5. The average molecular weight is 563 g/mol. The molecule has 35 heavy (non-hydrogen) atoms. The van der Waals surface area contributed by atoms with Crippen molar-refractivity contribution < 1.29 is 19.0 Å². The lowest BCUT2D eigenvalue weighted by Crippen LogP contribution is -2.35. The summed E-state index contributed by atoms with van der Waals surface area (Å²) in [4.78, 5) is 28.5. The number of imidazole rings is 1. The molecular weight excluding hydrogens is 536 g/mol. The van der Waals surface area contributed by atoms with E-state index in [1.54, 1.807) is 4.90 Å². The van der Waals surface area contributed by atoms with E-state index >= 15 is 0 Å². The van der Waals surface area contributed by atoms with Gasteiger partial charge in [0.2, 0.25) is 6.79 Å². The third kappa shape index (κ3) is 5.13. The zero-order valence-electron chi connectivity index (χ0n) is 19.8. The summed E-state index contributed by atoms with van der Waals surface area (Å²) in [5.74, 6) is 2.11. The summed E-state index contributed by atoms with van der Waals surface area (Å²) in [7, 11) is 0. The van der Waals surface area contributed by atoms with Crippen LogP contribution in [0.1, 0.15) is 33.6 Å². The number of rotatable bonds is 5. The largest absolute Gasteiger partial charge is 0.454 e. The molecule has 1 aromatic carbocycles. The number of ether oxygens (including phenoxy) is 3. The van der Waals surface area contributed by atoms with E-state index in [0.29, 0.717) is 54.0 Å². The summed E-state index contributed by atoms with van der Waals surface area (Å²) in [6.45, 7) is 7.92. The van der Waals surface area contributed by atoms with Gasteiger partial charge >= 0.3 is 6.09 Å². The SMILES string of the molecule is CC(C)(C)OC(=O)N1CC[C@@H](CCn2c(Sc3cc4c(cc3Br)OCO4)nc3c(N)ncnc32)C1. The zero-order chi connectivity index (χ0) is 24.7. The molecule has 1 atom stereocenters. The van der Waals surface area contributed by atoms with Crippen molar-refractivity contribution in [2.45, 2.75) is 55.8 Å². The number of carbonyl (C=O) groups excluding carboxylic acids is 1. The maximum atomic E-state index is 12.5. The molecule has 0 bridgehead atoms. The summed E-state index contributed by atoms with van der Waals surface area (Å²) < 4.78 is 19.5. The van der Waals surface area contributed by atoms with Gasteiger partial charge in [0, 0.05) is 29.0 Å². The predicted molar refractivity (Wildman–Crippen MR) is 135 cm³/mol. The fourth-order valence-electron chi connectivity index (χ4n) is 4.16. The Morgan fingerprint density at radius 2 is 2.06 bits per heavy atom. The molecule has 4 heterocycles. The molecule has 1 amide bonds. The lowest BCUT2D eigenvalue weighted by atomic mass is 10.1. The third-order valence-electron chi connectivity index (χ3n) is 5.85. The Kier molecular flexibility index (Phi) is 6.43. The molecule has 186 valence electrons. The van der Waals surface area contributed by atoms with Gasteiger partial charge in [-0.05, 0) is 67.6 Å². The molecule has 0 saturated carbocycles. The first-order valence-corrected chi connectivity index (χ1v) is 13.0. The molecule has 0 aliphatic carbocycles. The van der Waals surface area contributed by atoms with E-state index in [9.17, 15) is 4.79 Å². The quantitative estimate of drug-likeness (QED) is 0.472. The van der Waals surface area contributed by atoms with Gasteiger partial charge < -0.3 is 29.4 Å². The molecule has 10 nitrogen and oxygen atoms in total. The maximum absolute atomic E-state index is 12.5. The maximum Gasteiger partial charge on any atom is 0.410 e. The fourth-order valence-corrected chi connectivity index (χ4v) is 5.67. The van der Waals surface area contributed by atoms with Crippen LogP contribution in [-0.2, 0) is 11.3 Å². The number of anilines is 1. The van der Waals surface area contributed by atoms with Gasteiger partial charge in [-0.15, -0.1) is 0 Å². The topological polar surface area (TPSA) is 118 Å². The minimum Gasteiger partial charge on any atom is -0.454 e. The number of nitrogens with two attached hydrogens (primary N) is 1. The van der Waals surface area contributed by atoms with Crippen LogP contribution < -0.4 is 15.2 Å². The van der Waals surface area contributed by atoms with Gasteiger partial charge in [-0.1, -0.05) is 11.8 Å². The Balaban J connectivity index is 1.35. The van der Waals surface area contributed by atoms with E-state index in [2.05, 4.69) is 30.5 Å². The summed E-state index contributed by atoms with van der Waals surface area (Å²) in [5.41, 5.74) is 6.89. The standard InChI is InChI=1S/C23H27BrN6O4S/c1-23(2,3)34-22(31)29-6-4-13(10-29)5-7-30-20-18(19(25)26-11-27-20)28-21(30)35-17-9-16-15(8-14(17)24)32-12-33-16/h8-9,11,13H,4-7,10,12H2,1-3H3,(H2,25,26,27)/t13-/m0/s1. The van der Waals surface area contributed by atoms with Crippen molar-refractivity contribution >= 4 is 50.8 Å². The first-order chi connectivity index (χ1) is 16.7. The number of fused-ring (bicyclic) bond motifs is 2. The number of hydrogen-bond acceptors (Lipinski definition) is 9. The van der Waals surface area contributed by atoms with Gasteiger partial charge in [0.05, 0.1) is 0 Å². The van der Waals surface area contributed by atoms with E-state index in [1.165, 1.54) is 18.1 Å². The molecule has 0 radical (unpaired) electrons. The molecule has 1 saturated heterocycles. The molecule has 2 N–H and O–H groups in total. The van der Waals surface area contributed by atoms with Crippen LogP contribution in [0.5, 0.6) is 11.5 Å². The smallest absolute Gasteiger partial charge is 0.410 e. The highest BCUT2D eigenvalue weighted by molar-refractivity contribution is 9.10. The molecule has 0 spiro atoms. The van der Waals surface area contributed by atoms with Gasteiger partial charge in [-0.25, -0.2) is 19.7 Å². The molecule has 12 heteroatoms. The first kappa shape index (κ1) is 24.0. The van der Waals surface area contributed by atoms with E-state index < -0.39 is 5.60 Å². The van der Waals surface area contributed by atoms with E-state index in [4.69, 9.17) is 24.9 Å². The number of hydrogen-bond donors (Lipinski definition) is 1. The average Bonchev–Trinajstić information content (AvgIpc) is 3.50. The van der Waals surface area contributed by atoms with Crippen LogP contribution in [0.25, 0.3) is 11.2 Å². The number of amides is 1. The predicted octanol–water partition coefficient (Wildman–Crippen LogP) is 4.70. The van der Waals surface area contributed by atoms with E-state index in [0.717, 1.165) is 27.4 Å². The van der Waals surface area contributed by atoms with Crippen LogP contribution in [-0.4, -0.2) is 56.0 Å². The molecule has 0 unspecified atom stereocenters. The second-order valence-electron chi connectivity index (χ2n) is 9.58. The van der Waals surface area contributed by atoms with Gasteiger partial charge in [0.25, 0.3) is 0 Å². The van der Waals surface area contributed by atoms with Crippen LogP contribution in [0.4, 0.5) is 10.6 Å². The third-order valence-corrected chi connectivity index (χ3v) is 7.82. The van der Waals surface area contributed by atoms with Crippen LogP contribution in [0.15, 0.2) is 33.0 Å². The molecule has 3 aromatic rings. The molecule has 1 fully saturated rings. The van der Waals surface area contributed by atoms with Crippen LogP contribution >= 0.6 is 27.7 Å². The number of aromatic nitrogens is 4. The van der Waals surface area contributed by atoms with Crippen LogP contribution in [0.3, 0.4) is 0 Å². The minimum atomic E-state index is -0.500. The summed E-state index contributed by atoms with van der Waals surface area (Å²) >= 11 is 5.13. The van der Waals surface area contributed by atoms with Crippen molar-refractivity contribution in [1.29, 1.82) is 0 Å². The molecule has 2 aliphatic rings. The molecule has 5 rings (SSSR count). The number of benzene rings is 1. The van der Waals surface area contributed by atoms with E-state index in [1.807, 2.05) is 32.9 Å². The van der Waals surface area contributed by atoms with Crippen molar-refractivity contribution in [2.75, 3.05) is 25.6 Å². The number of aryl methyl sites for hydroxylation is 1. The summed E-state index contributed by atoms with van der Waals surface area (Å²) in [6, 6.07) is 3.83. The Morgan fingerprint density at radius 1 is 1.29 bits per heavy atom. The van der Waals surface area contributed by atoms with Crippen molar-refractivity contribution in [2.24, 2.45) is 5.92 Å². The van der Waals surface area contributed by atoms with Gasteiger partial charge in [0.15, 0.2) is 33.6 Å². The number of halogens is 1. The first-order valence-electron chi connectivity index (χ1n) is 11.4. The minimum absolute atomic E-state index is 0.211. The van der Waals surface area contributed by atoms with Crippen LogP contribution in [0.2, 0.25) is 0 Å². The lowest BCUT2D eigenvalue weighted by molar-refractivity contribution is 0.0287. The normalized spacial score (nSPS) is 17.4. The zero-order valence-corrected chi connectivity index (χ0v) is 22.2. The Bertz CT molecular complexity index is 1280. The Morgan fingerprint density at radius 3 is 2.83 bits per heavy atom. The van der Waals surface area contributed by atoms with Crippen LogP contribution in [0, 0.1) is 5.92 Å². The molecular formula is C23H27BrN6O4S. The number of carbonyl (C=O) groups is 1. The van der Waals surface area contributed by atoms with Crippen molar-refractivity contribution in [3.8, 4) is 11.5 Å². The van der Waals surface area contributed by atoms with Gasteiger partial charge in [-0.3, -0.25) is 0 Å². The van der Waals surface area contributed by atoms with Crippen molar-refractivity contribution in [1.82, 2.24) is 24.4 Å². The summed E-state index contributed by atoms with van der Waals surface area (Å²) in [5, 5.41) is 0.758. The van der Waals surface area contributed by atoms with E-state index in [-0.39, 0.29) is 12.9 Å². The lowest BCUT2D eigenvalue weighted by Gasteiger charge is -2.24. The van der Waals surface area contributed by atoms with Gasteiger partial charge in [-0.2, -0.15) is 0 Å². The number of likely N-dealkylation sites (tertiary alicyclic amines) is 1. The fraction of sp³-hybridized carbons (Fsp3) is 0.478. The molecule has 2 aliphatic heterocycles.